The van der Waals surface area contributed by atoms with Crippen molar-refractivity contribution < 1.29 is 14.0 Å². The zero-order valence-electron chi connectivity index (χ0n) is 16.8. The Morgan fingerprint density at radius 3 is 2.75 bits per heavy atom. The number of nitrogens with zero attached hydrogens (tertiary/aromatic N) is 4. The van der Waals surface area contributed by atoms with Gasteiger partial charge in [-0.05, 0) is 26.0 Å². The van der Waals surface area contributed by atoms with Crippen LogP contribution >= 0.6 is 0 Å². The van der Waals surface area contributed by atoms with Crippen molar-refractivity contribution in [1.82, 2.24) is 20.4 Å². The Bertz CT molecular complexity index is 741. The van der Waals surface area contributed by atoms with Crippen LogP contribution in [0.1, 0.15) is 44.5 Å². The molecule has 0 bridgehead atoms. The Labute approximate surface area is 165 Å². The first-order valence-corrected chi connectivity index (χ1v) is 9.81. The van der Waals surface area contributed by atoms with Crippen molar-refractivity contribution in [3.05, 3.63) is 42.0 Å². The number of ether oxygens (including phenoxy) is 2. The van der Waals surface area contributed by atoms with E-state index in [9.17, 15) is 0 Å². The molecule has 8 heteroatoms. The minimum Gasteiger partial charge on any atom is -0.490 e. The smallest absolute Gasteiger partial charge is 0.246 e. The summed E-state index contributed by atoms with van der Waals surface area (Å²) >= 11 is 0. The van der Waals surface area contributed by atoms with Crippen molar-refractivity contribution in [3.63, 3.8) is 0 Å². The fraction of sp³-hybridized carbons (Fsp3) is 0.550. The van der Waals surface area contributed by atoms with Crippen molar-refractivity contribution in [2.75, 3.05) is 26.7 Å². The van der Waals surface area contributed by atoms with E-state index in [2.05, 4.69) is 25.3 Å². The van der Waals surface area contributed by atoms with Crippen LogP contribution in [0.4, 0.5) is 0 Å². The quantitative estimate of drug-likeness (QED) is 0.577. The summed E-state index contributed by atoms with van der Waals surface area (Å²) in [6.45, 7) is 6.66. The van der Waals surface area contributed by atoms with E-state index in [1.54, 1.807) is 7.05 Å². The van der Waals surface area contributed by atoms with Gasteiger partial charge in [-0.25, -0.2) is 0 Å². The van der Waals surface area contributed by atoms with Crippen molar-refractivity contribution in [2.45, 2.75) is 45.4 Å². The number of hydrogen-bond donors (Lipinski definition) is 1. The highest BCUT2D eigenvalue weighted by molar-refractivity contribution is 5.79. The second kappa shape index (κ2) is 10.1. The maximum absolute atomic E-state index is 6.06. The van der Waals surface area contributed by atoms with Gasteiger partial charge in [-0.3, -0.25) is 4.99 Å². The number of guanidine groups is 1. The Balaban J connectivity index is 1.46. The van der Waals surface area contributed by atoms with Crippen LogP contribution in [0.5, 0.6) is 5.75 Å². The lowest BCUT2D eigenvalue weighted by Crippen LogP contribution is -2.47. The van der Waals surface area contributed by atoms with Gasteiger partial charge >= 0.3 is 0 Å². The van der Waals surface area contributed by atoms with E-state index < -0.39 is 0 Å². The summed E-state index contributed by atoms with van der Waals surface area (Å²) in [5.41, 5.74) is 0. The first kappa shape index (κ1) is 20.1. The van der Waals surface area contributed by atoms with E-state index in [0.717, 1.165) is 37.6 Å². The molecule has 0 radical (unpaired) electrons. The predicted molar refractivity (Wildman–Crippen MR) is 106 cm³/mol. The van der Waals surface area contributed by atoms with Crippen LogP contribution in [0.2, 0.25) is 0 Å². The largest absolute Gasteiger partial charge is 0.490 e. The minimum absolute atomic E-state index is 0.176. The molecular formula is C20H29N5O3. The van der Waals surface area contributed by atoms with Gasteiger partial charge in [0.05, 0.1) is 6.54 Å². The molecule has 1 aromatic heterocycles. The molecule has 1 unspecified atom stereocenters. The molecule has 8 nitrogen and oxygen atoms in total. The van der Waals surface area contributed by atoms with Gasteiger partial charge in [-0.15, -0.1) is 0 Å². The molecule has 1 aliphatic heterocycles. The molecule has 1 aromatic carbocycles. The second-order valence-corrected chi connectivity index (χ2v) is 6.66. The van der Waals surface area contributed by atoms with E-state index in [-0.39, 0.29) is 12.2 Å². The van der Waals surface area contributed by atoms with E-state index in [1.165, 1.54) is 0 Å². The number of aromatic nitrogens is 2. The van der Waals surface area contributed by atoms with E-state index in [1.807, 2.05) is 44.2 Å². The monoisotopic (exact) mass is 387 g/mol. The zero-order valence-corrected chi connectivity index (χ0v) is 16.8. The molecule has 152 valence electrons. The molecule has 2 aromatic rings. The van der Waals surface area contributed by atoms with Gasteiger partial charge in [-0.2, -0.15) is 4.98 Å². The third-order valence-electron chi connectivity index (χ3n) is 4.66. The minimum atomic E-state index is -0.176. The molecule has 2 heterocycles. The first-order valence-electron chi connectivity index (χ1n) is 9.81. The Morgan fingerprint density at radius 2 is 2.07 bits per heavy atom. The molecule has 0 spiro atoms. The van der Waals surface area contributed by atoms with Crippen LogP contribution < -0.4 is 10.1 Å². The Hall–Kier alpha value is -2.61. The molecule has 28 heavy (non-hydrogen) atoms. The molecule has 0 amide bonds. The van der Waals surface area contributed by atoms with Crippen LogP contribution in [-0.4, -0.2) is 53.8 Å². The summed E-state index contributed by atoms with van der Waals surface area (Å²) in [7, 11) is 1.78. The number of hydrogen-bond acceptors (Lipinski definition) is 6. The lowest BCUT2D eigenvalue weighted by atomic mass is 10.1. The normalized spacial score (nSPS) is 16.8. The zero-order chi connectivity index (χ0) is 19.8. The molecule has 1 fully saturated rings. The fourth-order valence-corrected chi connectivity index (χ4v) is 3.19. The first-order chi connectivity index (χ1) is 13.7. The topological polar surface area (TPSA) is 85.0 Å². The van der Waals surface area contributed by atoms with Crippen LogP contribution in [0, 0.1) is 0 Å². The third-order valence-corrected chi connectivity index (χ3v) is 4.66. The van der Waals surface area contributed by atoms with Crippen molar-refractivity contribution in [1.29, 1.82) is 0 Å². The Morgan fingerprint density at radius 1 is 1.32 bits per heavy atom. The van der Waals surface area contributed by atoms with Crippen LogP contribution in [0.15, 0.2) is 39.8 Å². The van der Waals surface area contributed by atoms with Crippen LogP contribution in [-0.2, 0) is 11.3 Å². The van der Waals surface area contributed by atoms with E-state index in [4.69, 9.17) is 14.0 Å². The number of rotatable bonds is 7. The van der Waals surface area contributed by atoms with Crippen LogP contribution in [0.25, 0.3) is 0 Å². The number of benzene rings is 1. The van der Waals surface area contributed by atoms with Gasteiger partial charge in [0.1, 0.15) is 18.0 Å². The van der Waals surface area contributed by atoms with Gasteiger partial charge in [0.15, 0.2) is 11.8 Å². The summed E-state index contributed by atoms with van der Waals surface area (Å²) in [6.07, 6.45) is 1.96. The van der Waals surface area contributed by atoms with Crippen LogP contribution in [0.3, 0.4) is 0 Å². The number of likely N-dealkylation sites (tertiary alicyclic amines) is 1. The summed E-state index contributed by atoms with van der Waals surface area (Å²) in [5.74, 6) is 2.84. The standard InChI is InChI=1S/C20H29N5O3/c1-4-26-15(2)19-23-18(28-24-19)14-22-20(21-3)25-12-10-17(11-13-25)27-16-8-6-5-7-9-16/h5-9,15,17H,4,10-14H2,1-3H3,(H,21,22). The number of piperidine rings is 1. The highest BCUT2D eigenvalue weighted by atomic mass is 16.5. The fourth-order valence-electron chi connectivity index (χ4n) is 3.19. The van der Waals surface area contributed by atoms with E-state index >= 15 is 0 Å². The molecule has 1 aliphatic rings. The van der Waals surface area contributed by atoms with Gasteiger partial charge in [0.2, 0.25) is 5.89 Å². The number of para-hydroxylation sites is 1. The number of aliphatic imine (C=N–C) groups is 1. The maximum atomic E-state index is 6.06. The lowest BCUT2D eigenvalue weighted by Gasteiger charge is -2.34. The van der Waals surface area contributed by atoms with E-state index in [0.29, 0.717) is 24.9 Å². The molecule has 1 N–H and O–H groups in total. The summed E-state index contributed by atoms with van der Waals surface area (Å²) in [6, 6.07) is 9.98. The number of nitrogens with one attached hydrogen (secondary N) is 1. The summed E-state index contributed by atoms with van der Waals surface area (Å²) in [4.78, 5) is 11.0. The Kier molecular flexibility index (Phi) is 7.25. The average molecular weight is 387 g/mol. The van der Waals surface area contributed by atoms with Gasteiger partial charge in [0, 0.05) is 39.6 Å². The van der Waals surface area contributed by atoms with Gasteiger partial charge < -0.3 is 24.2 Å². The molecule has 1 saturated heterocycles. The third kappa shape index (κ3) is 5.45. The van der Waals surface area contributed by atoms with Gasteiger partial charge in [0.25, 0.3) is 0 Å². The summed E-state index contributed by atoms with van der Waals surface area (Å²) < 4.78 is 16.8. The van der Waals surface area contributed by atoms with Crippen molar-refractivity contribution in [3.8, 4) is 5.75 Å². The predicted octanol–water partition coefficient (Wildman–Crippen LogP) is 2.79. The molecule has 3 rings (SSSR count). The van der Waals surface area contributed by atoms with Gasteiger partial charge in [-0.1, -0.05) is 23.4 Å². The lowest BCUT2D eigenvalue weighted by molar-refractivity contribution is 0.0683. The molecule has 0 aliphatic carbocycles. The molecule has 0 saturated carbocycles. The highest BCUT2D eigenvalue weighted by Gasteiger charge is 2.23. The highest BCUT2D eigenvalue weighted by Crippen LogP contribution is 2.19. The molecular weight excluding hydrogens is 358 g/mol. The molecule has 1 atom stereocenters. The SMILES string of the molecule is CCOC(C)c1noc(CNC(=NC)N2CCC(Oc3ccccc3)CC2)n1. The second-order valence-electron chi connectivity index (χ2n) is 6.66. The van der Waals surface area contributed by atoms with Crippen molar-refractivity contribution >= 4 is 5.96 Å². The maximum Gasteiger partial charge on any atom is 0.246 e. The average Bonchev–Trinajstić information content (AvgIpc) is 3.20. The van der Waals surface area contributed by atoms with Crippen molar-refractivity contribution in [2.24, 2.45) is 4.99 Å². The summed E-state index contributed by atoms with van der Waals surface area (Å²) in [5, 5.41) is 7.28.